The topological polar surface area (TPSA) is 27.7 Å². The van der Waals surface area contributed by atoms with Crippen LogP contribution in [0.2, 0.25) is 0 Å². The molecule has 0 radical (unpaired) electrons. The van der Waals surface area contributed by atoms with E-state index in [-0.39, 0.29) is 6.90 Å². The van der Waals surface area contributed by atoms with Gasteiger partial charge in [-0.25, -0.2) is 0 Å². The van der Waals surface area contributed by atoms with Gasteiger partial charge in [-0.2, -0.15) is 0 Å². The van der Waals surface area contributed by atoms with Crippen LogP contribution in [0.4, 0.5) is 0 Å². The minimum Gasteiger partial charge on any atom is -0.400 e. The Kier molecular flexibility index (Phi) is 1.71. The molecule has 84 valence electrons. The van der Waals surface area contributed by atoms with E-state index in [0.29, 0.717) is 19.6 Å². The smallest absolute Gasteiger partial charge is 0.400 e. The SMILES string of the molecule is [2H]CC1(C([2H])([2H])[2H])OB(C2=CCOCC2)OC1(C)C. The average molecular weight is 214 g/mol. The summed E-state index contributed by atoms with van der Waals surface area (Å²) >= 11 is 0. The molecule has 0 saturated carbocycles. The largest absolute Gasteiger partial charge is 0.490 e. The zero-order valence-corrected chi connectivity index (χ0v) is 9.21. The Morgan fingerprint density at radius 3 is 2.73 bits per heavy atom. The van der Waals surface area contributed by atoms with Crippen molar-refractivity contribution in [1.29, 1.82) is 0 Å². The molecule has 1 unspecified atom stereocenters. The highest BCUT2D eigenvalue weighted by Gasteiger charge is 2.52. The lowest BCUT2D eigenvalue weighted by Crippen LogP contribution is -2.41. The first-order chi connectivity index (χ1) is 8.73. The van der Waals surface area contributed by atoms with Crippen LogP contribution in [0.1, 0.15) is 39.5 Å². The van der Waals surface area contributed by atoms with Crippen LogP contribution in [0.5, 0.6) is 0 Å². The third-order valence-corrected chi connectivity index (χ3v) is 2.98. The highest BCUT2D eigenvalue weighted by atomic mass is 16.7. The van der Waals surface area contributed by atoms with Gasteiger partial charge < -0.3 is 14.0 Å². The molecule has 4 heteroatoms. The fourth-order valence-electron chi connectivity index (χ4n) is 1.62. The van der Waals surface area contributed by atoms with E-state index in [2.05, 4.69) is 0 Å². The maximum absolute atomic E-state index is 7.70. The first kappa shape index (κ1) is 7.10. The van der Waals surface area contributed by atoms with Crippen molar-refractivity contribution in [2.45, 2.75) is 45.2 Å². The van der Waals surface area contributed by atoms with E-state index in [4.69, 9.17) is 19.5 Å². The van der Waals surface area contributed by atoms with Gasteiger partial charge in [0.05, 0.1) is 24.4 Å². The van der Waals surface area contributed by atoms with Crippen molar-refractivity contribution in [3.05, 3.63) is 11.5 Å². The van der Waals surface area contributed by atoms with E-state index in [1.807, 2.05) is 6.08 Å². The molecule has 1 saturated heterocycles. The Morgan fingerprint density at radius 1 is 1.40 bits per heavy atom. The second-order valence-corrected chi connectivity index (χ2v) is 4.51. The molecule has 0 aromatic heterocycles. The molecule has 0 aliphatic carbocycles. The molecule has 0 N–H and O–H groups in total. The third-order valence-electron chi connectivity index (χ3n) is 2.98. The molecule has 0 aromatic carbocycles. The van der Waals surface area contributed by atoms with E-state index < -0.39 is 25.2 Å². The molecule has 0 amide bonds. The van der Waals surface area contributed by atoms with Gasteiger partial charge in [0.15, 0.2) is 0 Å². The second kappa shape index (κ2) is 3.61. The van der Waals surface area contributed by atoms with Crippen molar-refractivity contribution in [3.63, 3.8) is 0 Å². The molecule has 0 spiro atoms. The predicted molar refractivity (Wildman–Crippen MR) is 59.6 cm³/mol. The zero-order chi connectivity index (χ0) is 14.3. The van der Waals surface area contributed by atoms with E-state index in [0.717, 1.165) is 5.47 Å². The third kappa shape index (κ3) is 1.98. The number of hydrogen-bond acceptors (Lipinski definition) is 3. The molecule has 1 fully saturated rings. The van der Waals surface area contributed by atoms with Crippen LogP contribution in [0.25, 0.3) is 0 Å². The van der Waals surface area contributed by atoms with Crippen LogP contribution in [0, 0.1) is 0 Å². The summed E-state index contributed by atoms with van der Waals surface area (Å²) in [5, 5.41) is 0. The normalized spacial score (nSPS) is 40.1. The van der Waals surface area contributed by atoms with Crippen molar-refractivity contribution in [3.8, 4) is 0 Å². The first-order valence-electron chi connectivity index (χ1n) is 7.36. The summed E-state index contributed by atoms with van der Waals surface area (Å²) in [6.45, 7) is 1.65. The van der Waals surface area contributed by atoms with Crippen molar-refractivity contribution in [2.24, 2.45) is 0 Å². The predicted octanol–water partition coefficient (Wildman–Crippen LogP) is 1.96. The molecule has 15 heavy (non-hydrogen) atoms. The highest BCUT2D eigenvalue weighted by Crippen LogP contribution is 2.39. The molecule has 2 aliphatic heterocycles. The van der Waals surface area contributed by atoms with Crippen LogP contribution in [0.3, 0.4) is 0 Å². The lowest BCUT2D eigenvalue weighted by Gasteiger charge is -2.32. The Hall–Kier alpha value is -0.315. The molecule has 0 bridgehead atoms. The van der Waals surface area contributed by atoms with Crippen LogP contribution >= 0.6 is 0 Å². The van der Waals surface area contributed by atoms with Gasteiger partial charge in [-0.05, 0) is 39.5 Å². The fraction of sp³-hybridized carbons (Fsp3) is 0.818. The molecule has 1 atom stereocenters. The zero-order valence-electron chi connectivity index (χ0n) is 13.2. The van der Waals surface area contributed by atoms with Crippen LogP contribution in [0.15, 0.2) is 11.5 Å². The van der Waals surface area contributed by atoms with Gasteiger partial charge in [0.25, 0.3) is 0 Å². The molecular formula is C11H19BO3. The van der Waals surface area contributed by atoms with Crippen molar-refractivity contribution >= 4 is 7.12 Å². The molecular weight excluding hydrogens is 191 g/mol. The Balaban J connectivity index is 2.30. The summed E-state index contributed by atoms with van der Waals surface area (Å²) in [4.78, 5) is 0. The Labute approximate surface area is 97.5 Å². The number of hydrogen-bond donors (Lipinski definition) is 0. The van der Waals surface area contributed by atoms with Gasteiger partial charge in [-0.1, -0.05) is 6.08 Å². The Bertz CT molecular complexity index is 383. The van der Waals surface area contributed by atoms with Gasteiger partial charge >= 0.3 is 7.12 Å². The minimum absolute atomic E-state index is 0.364. The van der Waals surface area contributed by atoms with Crippen molar-refractivity contribution < 1.29 is 19.5 Å². The van der Waals surface area contributed by atoms with Crippen LogP contribution < -0.4 is 0 Å². The summed E-state index contributed by atoms with van der Waals surface area (Å²) in [6.07, 6.45) is 2.53. The van der Waals surface area contributed by atoms with Crippen LogP contribution in [-0.2, 0) is 14.0 Å². The first-order valence-corrected chi connectivity index (χ1v) is 5.15. The number of rotatable bonds is 1. The summed E-state index contributed by atoms with van der Waals surface area (Å²) in [7, 11) is -0.690. The summed E-state index contributed by atoms with van der Waals surface area (Å²) in [5.41, 5.74) is -1.73. The van der Waals surface area contributed by atoms with Crippen LogP contribution in [-0.4, -0.2) is 31.5 Å². The average Bonchev–Trinajstić information content (AvgIpc) is 2.62. The standard InChI is InChI=1S/C11H19BO3/c1-10(2)11(3,4)15-12(14-10)9-5-7-13-8-6-9/h5H,6-8H2,1-4H3/i1D,2D3. The highest BCUT2D eigenvalue weighted by molar-refractivity contribution is 6.54. The lowest BCUT2D eigenvalue weighted by atomic mass is 9.75. The van der Waals surface area contributed by atoms with Gasteiger partial charge in [0.2, 0.25) is 0 Å². The van der Waals surface area contributed by atoms with E-state index in [1.54, 1.807) is 13.8 Å². The summed E-state index contributed by atoms with van der Waals surface area (Å²) in [6, 6.07) is 0. The van der Waals surface area contributed by atoms with E-state index in [1.165, 1.54) is 0 Å². The summed E-state index contributed by atoms with van der Waals surface area (Å²) in [5.74, 6) is 0. The van der Waals surface area contributed by atoms with Gasteiger partial charge in [0, 0.05) is 5.48 Å². The van der Waals surface area contributed by atoms with Gasteiger partial charge in [-0.3, -0.25) is 0 Å². The Morgan fingerprint density at radius 2 is 2.20 bits per heavy atom. The molecule has 0 aromatic rings. The van der Waals surface area contributed by atoms with Crippen molar-refractivity contribution in [1.82, 2.24) is 0 Å². The molecule has 2 aliphatic rings. The van der Waals surface area contributed by atoms with Crippen molar-refractivity contribution in [2.75, 3.05) is 13.2 Å². The monoisotopic (exact) mass is 214 g/mol. The molecule has 3 nitrogen and oxygen atoms in total. The number of ether oxygens (including phenoxy) is 1. The summed E-state index contributed by atoms with van der Waals surface area (Å²) < 4.78 is 47.5. The second-order valence-electron chi connectivity index (χ2n) is 4.51. The lowest BCUT2D eigenvalue weighted by molar-refractivity contribution is 0.00578. The quantitative estimate of drug-likeness (QED) is 0.624. The molecule has 2 heterocycles. The van der Waals surface area contributed by atoms with E-state index in [9.17, 15) is 0 Å². The molecule has 2 rings (SSSR count). The maximum Gasteiger partial charge on any atom is 0.490 e. The van der Waals surface area contributed by atoms with Gasteiger partial charge in [0.1, 0.15) is 0 Å². The fourth-order valence-corrected chi connectivity index (χ4v) is 1.62. The minimum atomic E-state index is -2.40. The maximum atomic E-state index is 7.70. The van der Waals surface area contributed by atoms with E-state index >= 15 is 0 Å². The van der Waals surface area contributed by atoms with Gasteiger partial charge in [-0.15, -0.1) is 0 Å².